The SMILES string of the molecule is CC(C)C1(C)/C=C\N=CC(C)(F)/C=C\1.CC(C)C1(C)C=CC=C(F)C=C1. The third kappa shape index (κ3) is 6.51. The summed E-state index contributed by atoms with van der Waals surface area (Å²) in [5.41, 5.74) is -1.55. The van der Waals surface area contributed by atoms with E-state index in [1.807, 2.05) is 24.3 Å². The number of hydrogen-bond acceptors (Lipinski definition) is 1. The summed E-state index contributed by atoms with van der Waals surface area (Å²) in [6.45, 7) is 14.2. The topological polar surface area (TPSA) is 12.4 Å². The van der Waals surface area contributed by atoms with E-state index in [2.05, 4.69) is 46.5 Å². The second kappa shape index (κ2) is 8.75. The van der Waals surface area contributed by atoms with E-state index in [0.29, 0.717) is 11.8 Å². The molecule has 0 saturated carbocycles. The lowest BCUT2D eigenvalue weighted by molar-refractivity contribution is 0.343. The Morgan fingerprint density at radius 3 is 2.00 bits per heavy atom. The van der Waals surface area contributed by atoms with Crippen molar-refractivity contribution in [3.63, 3.8) is 0 Å². The molecule has 1 aliphatic carbocycles. The van der Waals surface area contributed by atoms with Crippen molar-refractivity contribution >= 4 is 6.21 Å². The van der Waals surface area contributed by atoms with Gasteiger partial charge in [0, 0.05) is 23.2 Å². The maximum absolute atomic E-state index is 13.6. The van der Waals surface area contributed by atoms with E-state index in [9.17, 15) is 8.78 Å². The molecule has 0 spiro atoms. The molecule has 0 bridgehead atoms. The lowest BCUT2D eigenvalue weighted by Gasteiger charge is -2.28. The van der Waals surface area contributed by atoms with Crippen LogP contribution in [-0.2, 0) is 0 Å². The Balaban J connectivity index is 0.000000263. The number of nitrogens with zero attached hydrogens (tertiary/aromatic N) is 1. The van der Waals surface area contributed by atoms with Gasteiger partial charge in [0.05, 0.1) is 0 Å². The predicted octanol–water partition coefficient (Wildman–Crippen LogP) is 7.16. The second-order valence-corrected chi connectivity index (χ2v) is 8.36. The summed E-state index contributed by atoms with van der Waals surface area (Å²) in [5.74, 6) is 0.749. The molecule has 0 amide bonds. The van der Waals surface area contributed by atoms with E-state index in [0.717, 1.165) is 0 Å². The van der Waals surface area contributed by atoms with Crippen LogP contribution in [-0.4, -0.2) is 11.9 Å². The highest BCUT2D eigenvalue weighted by molar-refractivity contribution is 5.71. The third-order valence-corrected chi connectivity index (χ3v) is 5.42. The molecule has 2 rings (SSSR count). The smallest absolute Gasteiger partial charge is 0.161 e. The Labute approximate surface area is 158 Å². The van der Waals surface area contributed by atoms with E-state index in [1.165, 1.54) is 19.2 Å². The van der Waals surface area contributed by atoms with Crippen molar-refractivity contribution in [2.24, 2.45) is 27.7 Å². The largest absolute Gasteiger partial charge is 0.266 e. The molecule has 1 nitrogen and oxygen atoms in total. The molecule has 1 aliphatic heterocycles. The van der Waals surface area contributed by atoms with Crippen LogP contribution in [0.2, 0.25) is 0 Å². The van der Waals surface area contributed by atoms with Gasteiger partial charge in [-0.15, -0.1) is 0 Å². The minimum atomic E-state index is -1.43. The van der Waals surface area contributed by atoms with Crippen LogP contribution in [0.4, 0.5) is 8.78 Å². The highest BCUT2D eigenvalue weighted by Crippen LogP contribution is 2.33. The zero-order valence-corrected chi connectivity index (χ0v) is 17.1. The van der Waals surface area contributed by atoms with Gasteiger partial charge in [-0.3, -0.25) is 4.99 Å². The third-order valence-electron chi connectivity index (χ3n) is 5.42. The molecule has 3 unspecified atom stereocenters. The van der Waals surface area contributed by atoms with Gasteiger partial charge in [-0.1, -0.05) is 71.9 Å². The number of rotatable bonds is 2. The summed E-state index contributed by atoms with van der Waals surface area (Å²) >= 11 is 0. The molecule has 0 aromatic heterocycles. The van der Waals surface area contributed by atoms with Crippen LogP contribution in [0.5, 0.6) is 0 Å². The van der Waals surface area contributed by atoms with Gasteiger partial charge >= 0.3 is 0 Å². The summed E-state index contributed by atoms with van der Waals surface area (Å²) in [6.07, 6.45) is 17.3. The van der Waals surface area contributed by atoms with E-state index in [1.54, 1.807) is 24.4 Å². The molecule has 0 aromatic carbocycles. The van der Waals surface area contributed by atoms with Crippen LogP contribution in [0.25, 0.3) is 0 Å². The molecule has 3 heteroatoms. The lowest BCUT2D eigenvalue weighted by Crippen LogP contribution is -2.23. The Morgan fingerprint density at radius 2 is 1.42 bits per heavy atom. The van der Waals surface area contributed by atoms with Crippen molar-refractivity contribution in [3.05, 3.63) is 60.6 Å². The molecule has 1 heterocycles. The zero-order valence-electron chi connectivity index (χ0n) is 17.1. The molecule has 144 valence electrons. The predicted molar refractivity (Wildman–Crippen MR) is 110 cm³/mol. The molecule has 0 fully saturated rings. The Kier molecular flexibility index (Phi) is 7.49. The first-order chi connectivity index (χ1) is 11.9. The quantitative estimate of drug-likeness (QED) is 0.463. The molecule has 26 heavy (non-hydrogen) atoms. The lowest BCUT2D eigenvalue weighted by atomic mass is 9.78. The Hall–Kier alpha value is -1.77. The van der Waals surface area contributed by atoms with Gasteiger partial charge in [0.2, 0.25) is 0 Å². The first-order valence-corrected chi connectivity index (χ1v) is 9.26. The molecule has 3 atom stereocenters. The number of hydrogen-bond donors (Lipinski definition) is 0. The molecule has 0 aromatic rings. The minimum Gasteiger partial charge on any atom is -0.266 e. The van der Waals surface area contributed by atoms with E-state index < -0.39 is 5.67 Å². The van der Waals surface area contributed by atoms with Crippen molar-refractivity contribution in [2.45, 2.75) is 54.1 Å². The summed E-state index contributed by atoms with van der Waals surface area (Å²) < 4.78 is 26.4. The van der Waals surface area contributed by atoms with Crippen LogP contribution in [0.1, 0.15) is 48.5 Å². The highest BCUT2D eigenvalue weighted by atomic mass is 19.1. The second-order valence-electron chi connectivity index (χ2n) is 8.36. The first kappa shape index (κ1) is 22.3. The highest BCUT2D eigenvalue weighted by Gasteiger charge is 2.26. The van der Waals surface area contributed by atoms with Crippen LogP contribution < -0.4 is 0 Å². The van der Waals surface area contributed by atoms with Gasteiger partial charge in [0.15, 0.2) is 5.67 Å². The van der Waals surface area contributed by atoms with Crippen LogP contribution in [0.15, 0.2) is 65.6 Å². The van der Waals surface area contributed by atoms with Crippen LogP contribution in [0.3, 0.4) is 0 Å². The number of allylic oxidation sites excluding steroid dienone is 9. The standard InChI is InChI=1S/C12H18FN.C11H15F/c1-10(2)11(3)5-6-12(4,13)9-14-8-7-11;1-9(2)11(3)7-4-5-10(12)6-8-11/h5-10H,1-4H3;4-9H,1-3H3/b6-5-,8-7-,14-9?;. The number of aliphatic imine (C=N–C) groups is 1. The van der Waals surface area contributed by atoms with Gasteiger partial charge in [-0.05, 0) is 37.0 Å². The van der Waals surface area contributed by atoms with Gasteiger partial charge in [-0.2, -0.15) is 0 Å². The fourth-order valence-electron chi connectivity index (χ4n) is 2.32. The fraction of sp³-hybridized carbons (Fsp3) is 0.522. The van der Waals surface area contributed by atoms with E-state index >= 15 is 0 Å². The summed E-state index contributed by atoms with van der Waals surface area (Å²) in [4.78, 5) is 3.93. The number of alkyl halides is 1. The molecule has 0 saturated heterocycles. The van der Waals surface area contributed by atoms with Crippen molar-refractivity contribution in [1.29, 1.82) is 0 Å². The van der Waals surface area contributed by atoms with Gasteiger partial charge < -0.3 is 0 Å². The summed E-state index contributed by atoms with van der Waals surface area (Å²) in [5, 5.41) is 0. The van der Waals surface area contributed by atoms with Crippen molar-refractivity contribution < 1.29 is 8.78 Å². The van der Waals surface area contributed by atoms with Crippen LogP contribution >= 0.6 is 0 Å². The van der Waals surface area contributed by atoms with Gasteiger partial charge in [-0.25, -0.2) is 8.78 Å². The molecular formula is C23H33F2N. The van der Waals surface area contributed by atoms with E-state index in [4.69, 9.17) is 0 Å². The van der Waals surface area contributed by atoms with Gasteiger partial charge in [0.25, 0.3) is 0 Å². The van der Waals surface area contributed by atoms with Crippen molar-refractivity contribution in [3.8, 4) is 0 Å². The minimum absolute atomic E-state index is 0.00958. The van der Waals surface area contributed by atoms with E-state index in [-0.39, 0.29) is 16.7 Å². The van der Waals surface area contributed by atoms with Crippen LogP contribution in [0, 0.1) is 22.7 Å². The van der Waals surface area contributed by atoms with Crippen molar-refractivity contribution in [1.82, 2.24) is 0 Å². The normalized spacial score (nSPS) is 35.9. The summed E-state index contributed by atoms with van der Waals surface area (Å²) in [6, 6.07) is 0. The average molecular weight is 362 g/mol. The Morgan fingerprint density at radius 1 is 0.846 bits per heavy atom. The van der Waals surface area contributed by atoms with Gasteiger partial charge in [0.1, 0.15) is 5.83 Å². The maximum atomic E-state index is 13.6. The maximum Gasteiger partial charge on any atom is 0.161 e. The number of halogens is 2. The Bertz CT molecular complexity index is 647. The zero-order chi connectivity index (χ0) is 20.0. The fourth-order valence-corrected chi connectivity index (χ4v) is 2.32. The molecule has 0 radical (unpaired) electrons. The average Bonchev–Trinajstić information content (AvgIpc) is 2.71. The molecule has 0 N–H and O–H groups in total. The van der Waals surface area contributed by atoms with Crippen molar-refractivity contribution in [2.75, 3.05) is 0 Å². The molecule has 2 aliphatic rings. The molecular weight excluding hydrogens is 328 g/mol. The first-order valence-electron chi connectivity index (χ1n) is 9.26. The monoisotopic (exact) mass is 361 g/mol. The summed E-state index contributed by atoms with van der Waals surface area (Å²) in [7, 11) is 0.